The highest BCUT2D eigenvalue weighted by molar-refractivity contribution is 5.98. The number of allylic oxidation sites excluding steroid dienone is 1. The SMILES string of the molecule is COC1=C(OC)C2(OC)C(=O)CC2C1. The van der Waals surface area contributed by atoms with Crippen molar-refractivity contribution >= 4 is 5.78 Å². The summed E-state index contributed by atoms with van der Waals surface area (Å²) >= 11 is 0. The number of hydrogen-bond donors (Lipinski definition) is 0. The molecule has 1 fully saturated rings. The Bertz CT molecular complexity index is 307. The van der Waals surface area contributed by atoms with Crippen molar-refractivity contribution in [2.24, 2.45) is 5.92 Å². The number of rotatable bonds is 3. The molecule has 0 aliphatic heterocycles. The molecule has 14 heavy (non-hydrogen) atoms. The van der Waals surface area contributed by atoms with Crippen LogP contribution in [0.2, 0.25) is 0 Å². The van der Waals surface area contributed by atoms with Gasteiger partial charge >= 0.3 is 0 Å². The molecule has 0 saturated heterocycles. The third kappa shape index (κ3) is 0.843. The number of fused-ring (bicyclic) bond motifs is 1. The van der Waals surface area contributed by atoms with Crippen molar-refractivity contribution in [3.8, 4) is 0 Å². The van der Waals surface area contributed by atoms with Gasteiger partial charge in [0.05, 0.1) is 14.2 Å². The molecule has 2 rings (SSSR count). The van der Waals surface area contributed by atoms with Gasteiger partial charge < -0.3 is 14.2 Å². The highest BCUT2D eigenvalue weighted by atomic mass is 16.6. The molecular formula is C10H14O4. The smallest absolute Gasteiger partial charge is 0.189 e. The van der Waals surface area contributed by atoms with E-state index in [0.717, 1.165) is 12.2 Å². The zero-order valence-corrected chi connectivity index (χ0v) is 8.62. The minimum Gasteiger partial charge on any atom is -0.497 e. The summed E-state index contributed by atoms with van der Waals surface area (Å²) in [5, 5.41) is 0. The molecule has 0 aromatic rings. The van der Waals surface area contributed by atoms with Crippen molar-refractivity contribution in [3.05, 3.63) is 11.5 Å². The minimum absolute atomic E-state index is 0.0916. The first-order chi connectivity index (χ1) is 6.70. The molecular weight excluding hydrogens is 184 g/mol. The summed E-state index contributed by atoms with van der Waals surface area (Å²) in [7, 11) is 4.68. The van der Waals surface area contributed by atoms with Crippen LogP contribution >= 0.6 is 0 Å². The summed E-state index contributed by atoms with van der Waals surface area (Å²) in [6, 6.07) is 0. The van der Waals surface area contributed by atoms with E-state index in [4.69, 9.17) is 14.2 Å². The molecule has 0 aromatic heterocycles. The number of Topliss-reactive ketones (excluding diaryl/α,β-unsaturated/α-hetero) is 1. The van der Waals surface area contributed by atoms with Gasteiger partial charge in [0.2, 0.25) is 0 Å². The Morgan fingerprint density at radius 3 is 2.36 bits per heavy atom. The maximum atomic E-state index is 11.6. The van der Waals surface area contributed by atoms with Gasteiger partial charge in [-0.15, -0.1) is 0 Å². The quantitative estimate of drug-likeness (QED) is 0.675. The van der Waals surface area contributed by atoms with E-state index < -0.39 is 5.60 Å². The van der Waals surface area contributed by atoms with Crippen molar-refractivity contribution in [1.82, 2.24) is 0 Å². The van der Waals surface area contributed by atoms with Crippen LogP contribution < -0.4 is 0 Å². The number of carbonyl (C=O) groups excluding carboxylic acids is 1. The number of carbonyl (C=O) groups is 1. The van der Waals surface area contributed by atoms with Crippen LogP contribution in [-0.4, -0.2) is 32.7 Å². The van der Waals surface area contributed by atoms with Crippen LogP contribution in [0.3, 0.4) is 0 Å². The van der Waals surface area contributed by atoms with E-state index in [0.29, 0.717) is 12.2 Å². The van der Waals surface area contributed by atoms with Gasteiger partial charge in [-0.3, -0.25) is 4.79 Å². The predicted molar refractivity (Wildman–Crippen MR) is 48.5 cm³/mol. The topological polar surface area (TPSA) is 44.8 Å². The van der Waals surface area contributed by atoms with Crippen molar-refractivity contribution in [1.29, 1.82) is 0 Å². The van der Waals surface area contributed by atoms with Crippen LogP contribution in [0.4, 0.5) is 0 Å². The zero-order valence-electron chi connectivity index (χ0n) is 8.62. The lowest BCUT2D eigenvalue weighted by Crippen LogP contribution is -2.56. The van der Waals surface area contributed by atoms with E-state index in [1.807, 2.05) is 0 Å². The Hall–Kier alpha value is -1.03. The second kappa shape index (κ2) is 2.98. The Kier molecular flexibility index (Phi) is 2.03. The highest BCUT2D eigenvalue weighted by Gasteiger charge is 2.64. The van der Waals surface area contributed by atoms with Crippen LogP contribution in [-0.2, 0) is 19.0 Å². The molecule has 1 saturated carbocycles. The maximum Gasteiger partial charge on any atom is 0.189 e. The van der Waals surface area contributed by atoms with Crippen molar-refractivity contribution in [3.63, 3.8) is 0 Å². The van der Waals surface area contributed by atoms with Gasteiger partial charge in [-0.25, -0.2) is 0 Å². The molecule has 0 amide bonds. The fourth-order valence-electron chi connectivity index (χ4n) is 2.48. The van der Waals surface area contributed by atoms with E-state index in [-0.39, 0.29) is 11.7 Å². The lowest BCUT2D eigenvalue weighted by molar-refractivity contribution is -0.164. The molecule has 2 unspecified atom stereocenters. The maximum absolute atomic E-state index is 11.6. The number of ketones is 1. The average Bonchev–Trinajstić information content (AvgIpc) is 2.45. The molecule has 2 aliphatic rings. The summed E-state index contributed by atoms with van der Waals surface area (Å²) in [4.78, 5) is 11.6. The van der Waals surface area contributed by atoms with Crippen LogP contribution in [0.1, 0.15) is 12.8 Å². The van der Waals surface area contributed by atoms with E-state index in [9.17, 15) is 4.79 Å². The number of methoxy groups -OCH3 is 3. The van der Waals surface area contributed by atoms with Gasteiger partial charge in [-0.2, -0.15) is 0 Å². The van der Waals surface area contributed by atoms with Crippen LogP contribution in [0.5, 0.6) is 0 Å². The molecule has 4 heteroatoms. The molecule has 0 heterocycles. The van der Waals surface area contributed by atoms with Crippen molar-refractivity contribution in [2.45, 2.75) is 18.4 Å². The molecule has 0 aromatic carbocycles. The van der Waals surface area contributed by atoms with Gasteiger partial charge in [0.1, 0.15) is 5.76 Å². The fraction of sp³-hybridized carbons (Fsp3) is 0.700. The minimum atomic E-state index is -0.833. The monoisotopic (exact) mass is 198 g/mol. The lowest BCUT2D eigenvalue weighted by atomic mass is 9.69. The molecule has 0 N–H and O–H groups in total. The molecule has 2 aliphatic carbocycles. The number of hydrogen-bond acceptors (Lipinski definition) is 4. The second-order valence-corrected chi connectivity index (χ2v) is 3.63. The van der Waals surface area contributed by atoms with E-state index in [1.54, 1.807) is 21.3 Å². The molecule has 0 spiro atoms. The highest BCUT2D eigenvalue weighted by Crippen LogP contribution is 2.53. The Morgan fingerprint density at radius 1 is 1.21 bits per heavy atom. The third-order valence-corrected chi connectivity index (χ3v) is 3.22. The second-order valence-electron chi connectivity index (χ2n) is 3.63. The first-order valence-corrected chi connectivity index (χ1v) is 4.60. The van der Waals surface area contributed by atoms with Gasteiger partial charge in [0, 0.05) is 25.9 Å². The first-order valence-electron chi connectivity index (χ1n) is 4.60. The van der Waals surface area contributed by atoms with Crippen LogP contribution in [0, 0.1) is 5.92 Å². The van der Waals surface area contributed by atoms with Gasteiger partial charge in [-0.05, 0) is 0 Å². The van der Waals surface area contributed by atoms with E-state index in [1.165, 1.54) is 0 Å². The van der Waals surface area contributed by atoms with Gasteiger partial charge in [-0.1, -0.05) is 0 Å². The van der Waals surface area contributed by atoms with Crippen LogP contribution in [0.25, 0.3) is 0 Å². The summed E-state index contributed by atoms with van der Waals surface area (Å²) in [6.45, 7) is 0. The molecule has 78 valence electrons. The summed E-state index contributed by atoms with van der Waals surface area (Å²) in [5.41, 5.74) is -0.833. The predicted octanol–water partition coefficient (Wildman–Crippen LogP) is 0.869. The summed E-state index contributed by atoms with van der Waals surface area (Å²) < 4.78 is 15.7. The summed E-state index contributed by atoms with van der Waals surface area (Å²) in [5.74, 6) is 1.59. The first kappa shape index (κ1) is 9.52. The van der Waals surface area contributed by atoms with Gasteiger partial charge in [0.25, 0.3) is 0 Å². The van der Waals surface area contributed by atoms with E-state index in [2.05, 4.69) is 0 Å². The number of ether oxygens (including phenoxy) is 3. The Morgan fingerprint density at radius 2 is 1.93 bits per heavy atom. The van der Waals surface area contributed by atoms with Crippen molar-refractivity contribution in [2.75, 3.05) is 21.3 Å². The standard InChI is InChI=1S/C10H14O4/c1-12-7-4-6-5-8(11)10(6,14-3)9(7)13-2/h6H,4-5H2,1-3H3. The lowest BCUT2D eigenvalue weighted by Gasteiger charge is -2.41. The normalized spacial score (nSPS) is 35.4. The largest absolute Gasteiger partial charge is 0.497 e. The molecule has 2 atom stereocenters. The Balaban J connectivity index is 2.41. The molecule has 4 nitrogen and oxygen atoms in total. The zero-order chi connectivity index (χ0) is 10.3. The average molecular weight is 198 g/mol. The third-order valence-electron chi connectivity index (χ3n) is 3.22. The van der Waals surface area contributed by atoms with E-state index >= 15 is 0 Å². The Labute approximate surface area is 82.8 Å². The van der Waals surface area contributed by atoms with Gasteiger partial charge in [0.15, 0.2) is 17.1 Å². The summed E-state index contributed by atoms with van der Waals surface area (Å²) in [6.07, 6.45) is 1.30. The fourth-order valence-corrected chi connectivity index (χ4v) is 2.48. The molecule has 0 radical (unpaired) electrons. The van der Waals surface area contributed by atoms with Crippen molar-refractivity contribution < 1.29 is 19.0 Å². The molecule has 0 bridgehead atoms. The van der Waals surface area contributed by atoms with Crippen LogP contribution in [0.15, 0.2) is 11.5 Å².